The summed E-state index contributed by atoms with van der Waals surface area (Å²) in [5.74, 6) is -0.00817. The lowest BCUT2D eigenvalue weighted by Crippen LogP contribution is -2.39. The Morgan fingerprint density at radius 3 is 2.52 bits per heavy atom. The zero-order chi connectivity index (χ0) is 15.0. The first-order chi connectivity index (χ1) is 10.1. The third-order valence-corrected chi connectivity index (χ3v) is 4.54. The van der Waals surface area contributed by atoms with Crippen molar-refractivity contribution in [3.05, 3.63) is 17.5 Å². The average molecular weight is 291 g/mol. The Kier molecular flexibility index (Phi) is 3.69. The van der Waals surface area contributed by atoms with E-state index >= 15 is 0 Å². The molecule has 114 valence electrons. The first-order valence-corrected chi connectivity index (χ1v) is 7.59. The average Bonchev–Trinajstić information content (AvgIpc) is 3.21. The summed E-state index contributed by atoms with van der Waals surface area (Å²) >= 11 is 0. The van der Waals surface area contributed by atoms with Gasteiger partial charge in [0.25, 0.3) is 5.91 Å². The van der Waals surface area contributed by atoms with Gasteiger partial charge in [0, 0.05) is 32.5 Å². The number of hydrogen-bond acceptors (Lipinski definition) is 3. The number of carbonyl (C=O) groups excluding carboxylic acids is 1. The van der Waals surface area contributed by atoms with E-state index in [9.17, 15) is 9.59 Å². The highest BCUT2D eigenvalue weighted by atomic mass is 16.4. The lowest BCUT2D eigenvalue weighted by atomic mass is 9.93. The highest BCUT2D eigenvalue weighted by molar-refractivity contribution is 5.95. The second-order valence-corrected chi connectivity index (χ2v) is 6.17. The lowest BCUT2D eigenvalue weighted by molar-refractivity contribution is -0.138. The molecule has 21 heavy (non-hydrogen) atoms. The number of aryl methyl sites for hydroxylation is 1. The number of rotatable bonds is 4. The Bertz CT molecular complexity index is 555. The lowest BCUT2D eigenvalue weighted by Gasteiger charge is -2.31. The van der Waals surface area contributed by atoms with Gasteiger partial charge in [-0.15, -0.1) is 0 Å². The number of likely N-dealkylation sites (tertiary alicyclic amines) is 1. The molecule has 1 amide bonds. The molecule has 2 aliphatic rings. The monoisotopic (exact) mass is 291 g/mol. The third-order valence-electron chi connectivity index (χ3n) is 4.54. The highest BCUT2D eigenvalue weighted by Gasteiger charge is 2.34. The predicted molar refractivity (Wildman–Crippen MR) is 76.1 cm³/mol. The number of aliphatic carboxylic acids is 1. The summed E-state index contributed by atoms with van der Waals surface area (Å²) < 4.78 is 1.82. The molecule has 0 bridgehead atoms. The molecule has 0 spiro atoms. The van der Waals surface area contributed by atoms with E-state index in [4.69, 9.17) is 5.11 Å². The Hall–Kier alpha value is -1.85. The topological polar surface area (TPSA) is 75.4 Å². The van der Waals surface area contributed by atoms with Crippen molar-refractivity contribution in [2.45, 2.75) is 38.0 Å². The van der Waals surface area contributed by atoms with Crippen LogP contribution in [0.25, 0.3) is 0 Å². The first-order valence-electron chi connectivity index (χ1n) is 7.59. The van der Waals surface area contributed by atoms with E-state index in [0.29, 0.717) is 19.0 Å². The van der Waals surface area contributed by atoms with E-state index in [2.05, 4.69) is 5.10 Å². The quantitative estimate of drug-likeness (QED) is 0.914. The van der Waals surface area contributed by atoms with Gasteiger partial charge in [0.2, 0.25) is 0 Å². The maximum Gasteiger partial charge on any atom is 0.303 e. The minimum absolute atomic E-state index is 0.0544. The molecule has 1 aromatic rings. The Labute approximate surface area is 123 Å². The number of amides is 1. The molecule has 1 saturated heterocycles. The number of hydrogen-bond donors (Lipinski definition) is 1. The van der Waals surface area contributed by atoms with E-state index < -0.39 is 5.97 Å². The molecule has 2 fully saturated rings. The highest BCUT2D eigenvalue weighted by Crippen LogP contribution is 2.41. The summed E-state index contributed by atoms with van der Waals surface area (Å²) in [7, 11) is 1.89. The first kappa shape index (κ1) is 14.1. The van der Waals surface area contributed by atoms with Crippen molar-refractivity contribution in [2.75, 3.05) is 13.1 Å². The number of piperidine rings is 1. The molecule has 1 aliphatic heterocycles. The van der Waals surface area contributed by atoms with Crippen LogP contribution in [0.15, 0.2) is 6.20 Å². The summed E-state index contributed by atoms with van der Waals surface area (Å²) in [5, 5.41) is 13.1. The molecule has 6 nitrogen and oxygen atoms in total. The van der Waals surface area contributed by atoms with Gasteiger partial charge in [-0.25, -0.2) is 0 Å². The van der Waals surface area contributed by atoms with Crippen LogP contribution in [-0.4, -0.2) is 44.8 Å². The molecule has 0 radical (unpaired) electrons. The maximum atomic E-state index is 12.7. The van der Waals surface area contributed by atoms with Crippen molar-refractivity contribution in [3.63, 3.8) is 0 Å². The zero-order valence-electron chi connectivity index (χ0n) is 12.3. The van der Waals surface area contributed by atoms with Crippen molar-refractivity contribution >= 4 is 11.9 Å². The summed E-state index contributed by atoms with van der Waals surface area (Å²) in [4.78, 5) is 25.2. The molecule has 1 aliphatic carbocycles. The van der Waals surface area contributed by atoms with E-state index in [-0.39, 0.29) is 18.2 Å². The SMILES string of the molecule is Cn1ncc(C(=O)N2CCC(CC(=O)O)CC2)c1C1CC1. The predicted octanol–water partition coefficient (Wildman–Crippen LogP) is 1.62. The number of nitrogens with zero attached hydrogens (tertiary/aromatic N) is 3. The van der Waals surface area contributed by atoms with Gasteiger partial charge >= 0.3 is 5.97 Å². The van der Waals surface area contributed by atoms with Crippen LogP contribution in [0.5, 0.6) is 0 Å². The minimum atomic E-state index is -0.747. The Morgan fingerprint density at radius 2 is 1.95 bits per heavy atom. The van der Waals surface area contributed by atoms with Crippen molar-refractivity contribution in [2.24, 2.45) is 13.0 Å². The summed E-state index contributed by atoms with van der Waals surface area (Å²) in [6, 6.07) is 0. The van der Waals surface area contributed by atoms with Gasteiger partial charge in [0.05, 0.1) is 17.5 Å². The standard InChI is InChI=1S/C15H21N3O3/c1-17-14(11-2-3-11)12(9-16-17)15(21)18-6-4-10(5-7-18)8-13(19)20/h9-11H,2-8H2,1H3,(H,19,20). The van der Waals surface area contributed by atoms with Gasteiger partial charge in [-0.3, -0.25) is 14.3 Å². The van der Waals surface area contributed by atoms with Crippen LogP contribution in [0.2, 0.25) is 0 Å². The number of aromatic nitrogens is 2. The molecule has 0 unspecified atom stereocenters. The number of carbonyl (C=O) groups is 2. The van der Waals surface area contributed by atoms with E-state index in [1.165, 1.54) is 0 Å². The van der Waals surface area contributed by atoms with Crippen LogP contribution >= 0.6 is 0 Å². The largest absolute Gasteiger partial charge is 0.481 e. The third kappa shape index (κ3) is 2.94. The molecular weight excluding hydrogens is 270 g/mol. The van der Waals surface area contributed by atoms with Crippen molar-refractivity contribution < 1.29 is 14.7 Å². The smallest absolute Gasteiger partial charge is 0.303 e. The number of carboxylic acid groups (broad SMARTS) is 1. The van der Waals surface area contributed by atoms with Crippen LogP contribution in [0.1, 0.15) is 54.1 Å². The molecular formula is C15H21N3O3. The van der Waals surface area contributed by atoms with Crippen LogP contribution in [0.4, 0.5) is 0 Å². The van der Waals surface area contributed by atoms with Crippen LogP contribution in [0.3, 0.4) is 0 Å². The van der Waals surface area contributed by atoms with Gasteiger partial charge in [0.15, 0.2) is 0 Å². The minimum Gasteiger partial charge on any atom is -0.481 e. The van der Waals surface area contributed by atoms with Crippen molar-refractivity contribution in [1.29, 1.82) is 0 Å². The van der Waals surface area contributed by atoms with E-state index in [1.807, 2.05) is 16.6 Å². The van der Waals surface area contributed by atoms with E-state index in [1.54, 1.807) is 6.20 Å². The molecule has 0 aromatic carbocycles. The van der Waals surface area contributed by atoms with E-state index in [0.717, 1.165) is 36.9 Å². The fourth-order valence-electron chi connectivity index (χ4n) is 3.21. The maximum absolute atomic E-state index is 12.7. The summed E-state index contributed by atoms with van der Waals surface area (Å²) in [6.45, 7) is 1.30. The van der Waals surface area contributed by atoms with Crippen molar-refractivity contribution in [3.8, 4) is 0 Å². The Balaban J connectivity index is 1.66. The molecule has 3 rings (SSSR count). The molecule has 2 heterocycles. The molecule has 6 heteroatoms. The van der Waals surface area contributed by atoms with Crippen LogP contribution < -0.4 is 0 Å². The second kappa shape index (κ2) is 5.50. The van der Waals surface area contributed by atoms with Gasteiger partial charge in [-0.1, -0.05) is 0 Å². The van der Waals surface area contributed by atoms with Gasteiger partial charge < -0.3 is 10.0 Å². The summed E-state index contributed by atoms with van der Waals surface area (Å²) in [5.41, 5.74) is 1.80. The van der Waals surface area contributed by atoms with Crippen LogP contribution in [0, 0.1) is 5.92 Å². The molecule has 0 atom stereocenters. The molecule has 1 aromatic heterocycles. The van der Waals surface area contributed by atoms with Crippen molar-refractivity contribution in [1.82, 2.24) is 14.7 Å². The zero-order valence-corrected chi connectivity index (χ0v) is 12.3. The van der Waals surface area contributed by atoms with Gasteiger partial charge in [-0.05, 0) is 31.6 Å². The fourth-order valence-corrected chi connectivity index (χ4v) is 3.21. The molecule has 1 saturated carbocycles. The second-order valence-electron chi connectivity index (χ2n) is 6.17. The fraction of sp³-hybridized carbons (Fsp3) is 0.667. The normalized spacial score (nSPS) is 19.8. The summed E-state index contributed by atoms with van der Waals surface area (Å²) in [6.07, 6.45) is 5.72. The van der Waals surface area contributed by atoms with Gasteiger partial charge in [-0.2, -0.15) is 5.10 Å². The molecule has 1 N–H and O–H groups in total. The number of carboxylic acids is 1. The van der Waals surface area contributed by atoms with Crippen LogP contribution in [-0.2, 0) is 11.8 Å². The Morgan fingerprint density at radius 1 is 1.29 bits per heavy atom. The van der Waals surface area contributed by atoms with Gasteiger partial charge in [0.1, 0.15) is 0 Å².